The van der Waals surface area contributed by atoms with Crippen molar-refractivity contribution < 1.29 is 14.5 Å². The smallest absolute Gasteiger partial charge is 0.311 e. The van der Waals surface area contributed by atoms with Gasteiger partial charge in [-0.1, -0.05) is 18.1 Å². The minimum absolute atomic E-state index is 0.0487. The fraction of sp³-hybridized carbons (Fsp3) is 0.250. The zero-order chi connectivity index (χ0) is 20.1. The van der Waals surface area contributed by atoms with Gasteiger partial charge < -0.3 is 9.80 Å². The summed E-state index contributed by atoms with van der Waals surface area (Å²) >= 11 is 0. The maximum Gasteiger partial charge on any atom is 0.311 e. The largest absolute Gasteiger partial charge is 0.347 e. The third-order valence-corrected chi connectivity index (χ3v) is 4.41. The summed E-state index contributed by atoms with van der Waals surface area (Å²) in [5.74, 6) is 5.33. The van der Waals surface area contributed by atoms with E-state index in [1.54, 1.807) is 34.1 Å². The lowest BCUT2D eigenvalue weighted by atomic mass is 10.1. The number of pyridine rings is 1. The van der Waals surface area contributed by atoms with Gasteiger partial charge in [-0.2, -0.15) is 0 Å². The molecule has 1 aliphatic rings. The van der Waals surface area contributed by atoms with Crippen LogP contribution in [0.25, 0.3) is 0 Å². The molecule has 28 heavy (non-hydrogen) atoms. The van der Waals surface area contributed by atoms with Crippen LogP contribution in [0.3, 0.4) is 0 Å². The maximum atomic E-state index is 12.4. The summed E-state index contributed by atoms with van der Waals surface area (Å²) in [6, 6.07) is 9.76. The molecular formula is C20H18N4O4. The molecule has 0 radical (unpaired) electrons. The second-order valence-corrected chi connectivity index (χ2v) is 6.27. The maximum absolute atomic E-state index is 12.4. The van der Waals surface area contributed by atoms with E-state index in [4.69, 9.17) is 0 Å². The van der Waals surface area contributed by atoms with Crippen LogP contribution in [0.5, 0.6) is 0 Å². The molecule has 0 aliphatic carbocycles. The predicted octanol–water partition coefficient (Wildman–Crippen LogP) is 1.89. The summed E-state index contributed by atoms with van der Waals surface area (Å²) in [6.45, 7) is 3.14. The molecule has 1 amide bonds. The molecule has 8 nitrogen and oxygen atoms in total. The van der Waals surface area contributed by atoms with E-state index in [-0.39, 0.29) is 17.4 Å². The number of nitro groups is 1. The van der Waals surface area contributed by atoms with Gasteiger partial charge in [0.25, 0.3) is 5.91 Å². The number of aromatic nitrogens is 1. The van der Waals surface area contributed by atoms with Gasteiger partial charge in [0.2, 0.25) is 5.82 Å². The number of benzene rings is 1. The minimum Gasteiger partial charge on any atom is -0.347 e. The number of ketones is 1. The first kappa shape index (κ1) is 19.0. The number of carbonyl (C=O) groups is 2. The monoisotopic (exact) mass is 378 g/mol. The van der Waals surface area contributed by atoms with Crippen LogP contribution in [0.4, 0.5) is 11.5 Å². The Hall–Kier alpha value is -3.73. The highest BCUT2D eigenvalue weighted by molar-refractivity contribution is 5.95. The van der Waals surface area contributed by atoms with Crippen LogP contribution in [0, 0.1) is 22.0 Å². The number of rotatable bonds is 3. The highest BCUT2D eigenvalue weighted by atomic mass is 16.6. The molecule has 0 spiro atoms. The first-order chi connectivity index (χ1) is 13.5. The fourth-order valence-electron chi connectivity index (χ4n) is 2.92. The molecule has 1 aliphatic heterocycles. The molecule has 8 heteroatoms. The number of piperazine rings is 1. The van der Waals surface area contributed by atoms with Gasteiger partial charge >= 0.3 is 5.69 Å². The number of hydrogen-bond donors (Lipinski definition) is 0. The lowest BCUT2D eigenvalue weighted by Crippen LogP contribution is -2.48. The Bertz CT molecular complexity index is 985. The molecular weight excluding hydrogens is 360 g/mol. The lowest BCUT2D eigenvalue weighted by molar-refractivity contribution is -0.384. The Kier molecular flexibility index (Phi) is 5.65. The van der Waals surface area contributed by atoms with Crippen molar-refractivity contribution in [3.05, 3.63) is 63.8 Å². The summed E-state index contributed by atoms with van der Waals surface area (Å²) in [7, 11) is 0. The number of Topliss-reactive ketones (excluding diaryl/α,β-unsaturated/α-hetero) is 1. The summed E-state index contributed by atoms with van der Waals surface area (Å²) in [5, 5.41) is 11.2. The van der Waals surface area contributed by atoms with E-state index in [1.165, 1.54) is 25.3 Å². The number of anilines is 1. The summed E-state index contributed by atoms with van der Waals surface area (Å²) in [5.41, 5.74) is 1.10. The Morgan fingerprint density at radius 3 is 2.57 bits per heavy atom. The first-order valence-electron chi connectivity index (χ1n) is 8.72. The van der Waals surface area contributed by atoms with Crippen LogP contribution in [0.2, 0.25) is 0 Å². The molecule has 1 saturated heterocycles. The van der Waals surface area contributed by atoms with E-state index in [1.807, 2.05) is 0 Å². The molecule has 0 N–H and O–H groups in total. The molecule has 0 unspecified atom stereocenters. The van der Waals surface area contributed by atoms with Crippen molar-refractivity contribution in [2.24, 2.45) is 0 Å². The van der Waals surface area contributed by atoms with Crippen LogP contribution in [0.15, 0.2) is 42.6 Å². The number of nitrogens with zero attached hydrogens (tertiary/aromatic N) is 4. The molecule has 0 bridgehead atoms. The Labute approximate surface area is 161 Å². The number of carbonyl (C=O) groups excluding carboxylic acids is 2. The second kappa shape index (κ2) is 8.31. The third kappa shape index (κ3) is 4.32. The van der Waals surface area contributed by atoms with Gasteiger partial charge in [-0.25, -0.2) is 4.98 Å². The van der Waals surface area contributed by atoms with Gasteiger partial charge in [-0.05, 0) is 25.1 Å². The molecule has 1 aromatic carbocycles. The molecule has 1 aromatic heterocycles. The quantitative estimate of drug-likeness (QED) is 0.350. The van der Waals surface area contributed by atoms with Crippen LogP contribution in [-0.4, -0.2) is 52.7 Å². The van der Waals surface area contributed by atoms with E-state index in [9.17, 15) is 19.7 Å². The average molecular weight is 378 g/mol. The van der Waals surface area contributed by atoms with Crippen LogP contribution in [0.1, 0.15) is 22.8 Å². The van der Waals surface area contributed by atoms with Gasteiger partial charge in [0, 0.05) is 55.5 Å². The van der Waals surface area contributed by atoms with E-state index in [0.29, 0.717) is 43.1 Å². The molecule has 1 fully saturated rings. The van der Waals surface area contributed by atoms with Crippen molar-refractivity contribution in [3.8, 4) is 11.8 Å². The first-order valence-corrected chi connectivity index (χ1v) is 8.72. The predicted molar refractivity (Wildman–Crippen MR) is 103 cm³/mol. The van der Waals surface area contributed by atoms with Gasteiger partial charge in [0.1, 0.15) is 0 Å². The highest BCUT2D eigenvalue weighted by Crippen LogP contribution is 2.25. The van der Waals surface area contributed by atoms with Crippen molar-refractivity contribution in [1.29, 1.82) is 0 Å². The lowest BCUT2D eigenvalue weighted by Gasteiger charge is -2.34. The van der Waals surface area contributed by atoms with E-state index < -0.39 is 4.92 Å². The second-order valence-electron chi connectivity index (χ2n) is 6.27. The number of amides is 1. The molecule has 0 atom stereocenters. The Morgan fingerprint density at radius 2 is 1.89 bits per heavy atom. The molecule has 0 saturated carbocycles. The van der Waals surface area contributed by atoms with Crippen molar-refractivity contribution in [2.75, 3.05) is 31.1 Å². The van der Waals surface area contributed by atoms with E-state index >= 15 is 0 Å². The van der Waals surface area contributed by atoms with Gasteiger partial charge in [-0.3, -0.25) is 19.7 Å². The minimum atomic E-state index is -0.458. The summed E-state index contributed by atoms with van der Waals surface area (Å²) in [6.07, 6.45) is 1.51. The molecule has 3 rings (SSSR count). The average Bonchev–Trinajstić information content (AvgIpc) is 2.72. The van der Waals surface area contributed by atoms with E-state index in [2.05, 4.69) is 16.8 Å². The zero-order valence-corrected chi connectivity index (χ0v) is 15.3. The molecule has 142 valence electrons. The Morgan fingerprint density at radius 1 is 1.14 bits per heavy atom. The van der Waals surface area contributed by atoms with Gasteiger partial charge in [-0.15, -0.1) is 0 Å². The van der Waals surface area contributed by atoms with Crippen molar-refractivity contribution >= 4 is 23.2 Å². The third-order valence-electron chi connectivity index (χ3n) is 4.41. The zero-order valence-electron chi connectivity index (χ0n) is 15.3. The van der Waals surface area contributed by atoms with E-state index in [0.717, 1.165) is 0 Å². The molecule has 2 aromatic rings. The topological polar surface area (TPSA) is 96.7 Å². The van der Waals surface area contributed by atoms with Crippen LogP contribution in [-0.2, 0) is 4.79 Å². The van der Waals surface area contributed by atoms with Crippen molar-refractivity contribution in [3.63, 3.8) is 0 Å². The Balaban J connectivity index is 1.65. The standard InChI is InChI=1S/C20H18N4O4/c1-15(25)17-5-2-4-16(14-17)7-8-19(26)22-10-12-23(13-11-22)20-18(24(27)28)6-3-9-21-20/h2-6,9,14H,10-13H2,1H3. The normalized spacial score (nSPS) is 13.5. The highest BCUT2D eigenvalue weighted by Gasteiger charge is 2.26. The molecule has 2 heterocycles. The summed E-state index contributed by atoms with van der Waals surface area (Å²) < 4.78 is 0. The van der Waals surface area contributed by atoms with Crippen LogP contribution >= 0.6 is 0 Å². The SMILES string of the molecule is CC(=O)c1cccc(C#CC(=O)N2CCN(c3ncccc3[N+](=O)[O-])CC2)c1. The van der Waals surface area contributed by atoms with Crippen LogP contribution < -0.4 is 4.90 Å². The number of hydrogen-bond acceptors (Lipinski definition) is 6. The van der Waals surface area contributed by atoms with Crippen molar-refractivity contribution in [2.45, 2.75) is 6.92 Å². The summed E-state index contributed by atoms with van der Waals surface area (Å²) in [4.78, 5) is 42.0. The van der Waals surface area contributed by atoms with Crippen molar-refractivity contribution in [1.82, 2.24) is 9.88 Å². The fourth-order valence-corrected chi connectivity index (χ4v) is 2.92. The van der Waals surface area contributed by atoms with Gasteiger partial charge in [0.05, 0.1) is 4.92 Å². The van der Waals surface area contributed by atoms with Gasteiger partial charge in [0.15, 0.2) is 5.78 Å².